The van der Waals surface area contributed by atoms with E-state index in [0.29, 0.717) is 4.47 Å². The maximum atomic E-state index is 12.1. The Morgan fingerprint density at radius 3 is 2.50 bits per heavy atom. The molecule has 0 aliphatic heterocycles. The zero-order valence-corrected chi connectivity index (χ0v) is 13.9. The Labute approximate surface area is 127 Å². The molecule has 0 amide bonds. The summed E-state index contributed by atoms with van der Waals surface area (Å²) in [4.78, 5) is 0.0371. The van der Waals surface area contributed by atoms with Crippen molar-refractivity contribution in [3.63, 3.8) is 0 Å². The van der Waals surface area contributed by atoms with Crippen molar-refractivity contribution in [2.75, 3.05) is 6.54 Å². The molecule has 0 aromatic heterocycles. The van der Waals surface area contributed by atoms with Crippen LogP contribution in [0.2, 0.25) is 5.02 Å². The first-order chi connectivity index (χ1) is 7.69. The summed E-state index contributed by atoms with van der Waals surface area (Å²) in [5.74, 6) is 0. The summed E-state index contributed by atoms with van der Waals surface area (Å²) in [7, 11) is -3.68. The second kappa shape index (κ2) is 6.54. The molecule has 1 aromatic carbocycles. The van der Waals surface area contributed by atoms with Gasteiger partial charge in [-0.25, -0.2) is 13.1 Å². The quantitative estimate of drug-likeness (QED) is 0.846. The Morgan fingerprint density at radius 1 is 1.44 bits per heavy atom. The van der Waals surface area contributed by atoms with Crippen molar-refractivity contribution in [2.24, 2.45) is 5.73 Å². The molecule has 0 radical (unpaired) electrons. The van der Waals surface area contributed by atoms with E-state index in [4.69, 9.17) is 17.3 Å². The van der Waals surface area contributed by atoms with Crippen molar-refractivity contribution in [3.05, 3.63) is 27.7 Å². The van der Waals surface area contributed by atoms with Crippen LogP contribution in [0.1, 0.15) is 13.8 Å². The highest BCUT2D eigenvalue weighted by molar-refractivity contribution is 9.10. The van der Waals surface area contributed by atoms with Crippen molar-refractivity contribution < 1.29 is 8.42 Å². The van der Waals surface area contributed by atoms with Crippen LogP contribution in [-0.2, 0) is 10.0 Å². The van der Waals surface area contributed by atoms with Crippen LogP contribution in [0, 0.1) is 0 Å². The van der Waals surface area contributed by atoms with Gasteiger partial charge in [-0.3, -0.25) is 0 Å². The molecule has 0 saturated carbocycles. The fraction of sp³-hybridized carbons (Fsp3) is 0.400. The van der Waals surface area contributed by atoms with Gasteiger partial charge in [-0.1, -0.05) is 17.7 Å². The van der Waals surface area contributed by atoms with E-state index in [-0.39, 0.29) is 28.9 Å². The first-order valence-corrected chi connectivity index (χ1v) is 7.53. The third-order valence-electron chi connectivity index (χ3n) is 2.13. The van der Waals surface area contributed by atoms with Gasteiger partial charge in [-0.2, -0.15) is 0 Å². The lowest BCUT2D eigenvalue weighted by Gasteiger charge is -2.24. The van der Waals surface area contributed by atoms with Gasteiger partial charge < -0.3 is 5.73 Å². The molecule has 8 heteroatoms. The first-order valence-electron chi connectivity index (χ1n) is 4.88. The van der Waals surface area contributed by atoms with E-state index >= 15 is 0 Å². The number of benzene rings is 1. The SMILES string of the molecule is CC(C)(CN)NS(=O)(=O)c1cccc(Br)c1Cl.Cl. The van der Waals surface area contributed by atoms with Crippen LogP contribution in [-0.4, -0.2) is 20.5 Å². The summed E-state index contributed by atoms with van der Waals surface area (Å²) < 4.78 is 27.3. The highest BCUT2D eigenvalue weighted by atomic mass is 79.9. The zero-order chi connectivity index (χ0) is 13.3. The summed E-state index contributed by atoms with van der Waals surface area (Å²) in [6.07, 6.45) is 0. The molecular formula is C10H15BrCl2N2O2S. The van der Waals surface area contributed by atoms with Gasteiger partial charge in [0, 0.05) is 16.6 Å². The number of halogens is 3. The number of rotatable bonds is 4. The predicted molar refractivity (Wildman–Crippen MR) is 79.9 cm³/mol. The summed E-state index contributed by atoms with van der Waals surface area (Å²) in [5, 5.41) is 0.160. The lowest BCUT2D eigenvalue weighted by molar-refractivity contribution is 0.462. The van der Waals surface area contributed by atoms with Gasteiger partial charge in [0.25, 0.3) is 0 Å². The molecule has 0 atom stereocenters. The van der Waals surface area contributed by atoms with Crippen LogP contribution in [0.25, 0.3) is 0 Å². The van der Waals surface area contributed by atoms with Crippen LogP contribution >= 0.6 is 39.9 Å². The normalized spacial score (nSPS) is 12.1. The molecule has 0 heterocycles. The van der Waals surface area contributed by atoms with Crippen molar-refractivity contribution in [3.8, 4) is 0 Å². The lowest BCUT2D eigenvalue weighted by atomic mass is 10.1. The fourth-order valence-electron chi connectivity index (χ4n) is 1.15. The van der Waals surface area contributed by atoms with Crippen molar-refractivity contribution in [1.29, 1.82) is 0 Å². The maximum Gasteiger partial charge on any atom is 0.242 e. The third-order valence-corrected chi connectivity index (χ3v) is 5.28. The van der Waals surface area contributed by atoms with E-state index in [2.05, 4.69) is 20.7 Å². The van der Waals surface area contributed by atoms with Gasteiger partial charge in [-0.15, -0.1) is 12.4 Å². The molecule has 0 fully saturated rings. The van der Waals surface area contributed by atoms with Crippen LogP contribution < -0.4 is 10.5 Å². The van der Waals surface area contributed by atoms with Gasteiger partial charge >= 0.3 is 0 Å². The minimum atomic E-state index is -3.68. The van der Waals surface area contributed by atoms with Gasteiger partial charge in [0.05, 0.1) is 5.02 Å². The Balaban J connectivity index is 0.00000289. The van der Waals surface area contributed by atoms with Gasteiger partial charge in [0.15, 0.2) is 0 Å². The molecule has 104 valence electrons. The largest absolute Gasteiger partial charge is 0.329 e. The summed E-state index contributed by atoms with van der Waals surface area (Å²) in [6.45, 7) is 3.60. The molecule has 0 unspecified atom stereocenters. The zero-order valence-electron chi connectivity index (χ0n) is 9.91. The summed E-state index contributed by atoms with van der Waals surface area (Å²) >= 11 is 9.14. The standard InChI is InChI=1S/C10H14BrClN2O2S.ClH/c1-10(2,6-13)14-17(15,16)8-5-3-4-7(11)9(8)12;/h3-5,14H,6,13H2,1-2H3;1H. The van der Waals surface area contributed by atoms with Crippen LogP contribution in [0.15, 0.2) is 27.6 Å². The number of nitrogens with two attached hydrogens (primary N) is 1. The maximum absolute atomic E-state index is 12.1. The molecular weight excluding hydrogens is 363 g/mol. The highest BCUT2D eigenvalue weighted by Crippen LogP contribution is 2.29. The Bertz CT molecular complexity index is 521. The van der Waals surface area contributed by atoms with E-state index in [1.165, 1.54) is 6.07 Å². The third kappa shape index (κ3) is 4.36. The minimum absolute atomic E-state index is 0. The highest BCUT2D eigenvalue weighted by Gasteiger charge is 2.27. The second-order valence-electron chi connectivity index (χ2n) is 4.25. The lowest BCUT2D eigenvalue weighted by Crippen LogP contribution is -2.48. The number of nitrogens with one attached hydrogen (secondary N) is 1. The van der Waals surface area contributed by atoms with E-state index in [1.54, 1.807) is 26.0 Å². The van der Waals surface area contributed by atoms with Gasteiger partial charge in [-0.05, 0) is 41.9 Å². The van der Waals surface area contributed by atoms with Crippen LogP contribution in [0.3, 0.4) is 0 Å². The summed E-state index contributed by atoms with van der Waals surface area (Å²) in [6, 6.07) is 4.73. The number of hydrogen-bond donors (Lipinski definition) is 2. The Hall–Kier alpha value is 0.150. The van der Waals surface area contributed by atoms with Crippen molar-refractivity contribution in [2.45, 2.75) is 24.3 Å². The Morgan fingerprint density at radius 2 is 2.00 bits per heavy atom. The minimum Gasteiger partial charge on any atom is -0.329 e. The predicted octanol–water partition coefficient (Wildman–Crippen LogP) is 2.54. The average Bonchev–Trinajstić information content (AvgIpc) is 2.20. The van der Waals surface area contributed by atoms with Gasteiger partial charge in [0.1, 0.15) is 4.90 Å². The van der Waals surface area contributed by atoms with E-state index in [9.17, 15) is 8.42 Å². The molecule has 18 heavy (non-hydrogen) atoms. The summed E-state index contributed by atoms with van der Waals surface area (Å²) in [5.41, 5.74) is 4.77. The molecule has 0 aliphatic carbocycles. The molecule has 3 N–H and O–H groups in total. The van der Waals surface area contributed by atoms with Crippen LogP contribution in [0.4, 0.5) is 0 Å². The van der Waals surface area contributed by atoms with E-state index in [1.807, 2.05) is 0 Å². The van der Waals surface area contributed by atoms with E-state index in [0.717, 1.165) is 0 Å². The monoisotopic (exact) mass is 376 g/mol. The van der Waals surface area contributed by atoms with Crippen molar-refractivity contribution >= 4 is 50.0 Å². The molecule has 1 rings (SSSR count). The molecule has 4 nitrogen and oxygen atoms in total. The van der Waals surface area contributed by atoms with Crippen molar-refractivity contribution in [1.82, 2.24) is 4.72 Å². The molecule has 1 aromatic rings. The first kappa shape index (κ1) is 18.1. The molecule has 0 aliphatic rings. The Kier molecular flexibility index (Phi) is 6.60. The smallest absolute Gasteiger partial charge is 0.242 e. The molecule has 0 saturated heterocycles. The number of hydrogen-bond acceptors (Lipinski definition) is 3. The molecule has 0 spiro atoms. The average molecular weight is 378 g/mol. The fourth-order valence-corrected chi connectivity index (χ4v) is 3.60. The molecule has 0 bridgehead atoms. The van der Waals surface area contributed by atoms with E-state index < -0.39 is 15.6 Å². The van der Waals surface area contributed by atoms with Gasteiger partial charge in [0.2, 0.25) is 10.0 Å². The second-order valence-corrected chi connectivity index (χ2v) is 7.13. The van der Waals surface area contributed by atoms with Crippen LogP contribution in [0.5, 0.6) is 0 Å². The topological polar surface area (TPSA) is 72.2 Å². The number of sulfonamides is 1.